The minimum atomic E-state index is -0.830. The van der Waals surface area contributed by atoms with Gasteiger partial charge in [-0.2, -0.15) is 0 Å². The first-order chi connectivity index (χ1) is 10.5. The Morgan fingerprint density at radius 2 is 2.14 bits per heavy atom. The van der Waals surface area contributed by atoms with E-state index in [-0.39, 0.29) is 37.3 Å². The number of carbonyl (C=O) groups is 2. The molecule has 1 aliphatic carbocycles. The molecular weight excluding hydrogens is 286 g/mol. The summed E-state index contributed by atoms with van der Waals surface area (Å²) < 4.78 is 0. The van der Waals surface area contributed by atoms with Crippen molar-refractivity contribution in [2.75, 3.05) is 19.7 Å². The standard InChI is InChI=1S/C15H27N3O4/c1-3-5-6-11(10-19)16-15(22)17-12-7-13(8-12)18(4-2)9-14(20)21/h3,11-13,19H,1,4-10H2,2H3,(H,20,21)(H2,16,17,22). The third kappa shape index (κ3) is 6.03. The number of amides is 2. The van der Waals surface area contributed by atoms with Gasteiger partial charge in [0.25, 0.3) is 0 Å². The Balaban J connectivity index is 2.27. The third-order valence-corrected chi connectivity index (χ3v) is 3.98. The van der Waals surface area contributed by atoms with E-state index in [2.05, 4.69) is 17.2 Å². The van der Waals surface area contributed by atoms with E-state index in [1.54, 1.807) is 6.08 Å². The van der Waals surface area contributed by atoms with Gasteiger partial charge in [-0.1, -0.05) is 13.0 Å². The van der Waals surface area contributed by atoms with E-state index in [0.29, 0.717) is 13.0 Å². The Labute approximate surface area is 131 Å². The van der Waals surface area contributed by atoms with Crippen molar-refractivity contribution in [3.05, 3.63) is 12.7 Å². The molecule has 0 bridgehead atoms. The van der Waals surface area contributed by atoms with Crippen molar-refractivity contribution in [3.63, 3.8) is 0 Å². The van der Waals surface area contributed by atoms with Gasteiger partial charge in [0, 0.05) is 12.1 Å². The molecule has 1 fully saturated rings. The molecule has 4 N–H and O–H groups in total. The van der Waals surface area contributed by atoms with Crippen LogP contribution in [-0.4, -0.2) is 64.9 Å². The molecule has 0 aromatic rings. The number of aliphatic hydroxyl groups excluding tert-OH is 1. The normalized spacial score (nSPS) is 21.8. The predicted molar refractivity (Wildman–Crippen MR) is 83.7 cm³/mol. The van der Waals surface area contributed by atoms with E-state index < -0.39 is 5.97 Å². The summed E-state index contributed by atoms with van der Waals surface area (Å²) >= 11 is 0. The number of nitrogens with zero attached hydrogens (tertiary/aromatic N) is 1. The number of aliphatic hydroxyl groups is 1. The highest BCUT2D eigenvalue weighted by Gasteiger charge is 2.34. The van der Waals surface area contributed by atoms with Crippen LogP contribution in [0.4, 0.5) is 4.79 Å². The van der Waals surface area contributed by atoms with Crippen molar-refractivity contribution in [2.45, 2.75) is 50.7 Å². The number of carboxylic acid groups (broad SMARTS) is 1. The SMILES string of the molecule is C=CCCC(CO)NC(=O)NC1CC(N(CC)CC(=O)O)C1. The molecule has 0 aliphatic heterocycles. The van der Waals surface area contributed by atoms with E-state index >= 15 is 0 Å². The van der Waals surface area contributed by atoms with Gasteiger partial charge in [0.1, 0.15) is 0 Å². The molecule has 0 radical (unpaired) electrons. The fraction of sp³-hybridized carbons (Fsp3) is 0.733. The first kappa shape index (κ1) is 18.4. The summed E-state index contributed by atoms with van der Waals surface area (Å²) in [4.78, 5) is 24.5. The number of hydrogen-bond donors (Lipinski definition) is 4. The van der Waals surface area contributed by atoms with Crippen LogP contribution in [0.3, 0.4) is 0 Å². The summed E-state index contributed by atoms with van der Waals surface area (Å²) in [7, 11) is 0. The largest absolute Gasteiger partial charge is 0.480 e. The predicted octanol–water partition coefficient (Wildman–Crippen LogP) is 0.550. The van der Waals surface area contributed by atoms with Crippen LogP contribution >= 0.6 is 0 Å². The zero-order valence-electron chi connectivity index (χ0n) is 13.1. The topological polar surface area (TPSA) is 102 Å². The van der Waals surface area contributed by atoms with Gasteiger partial charge in [-0.25, -0.2) is 4.79 Å². The molecule has 0 spiro atoms. The molecule has 2 amide bonds. The van der Waals surface area contributed by atoms with E-state index in [9.17, 15) is 14.7 Å². The third-order valence-electron chi connectivity index (χ3n) is 3.98. The van der Waals surface area contributed by atoms with Gasteiger partial charge in [-0.05, 0) is 32.2 Å². The van der Waals surface area contributed by atoms with Gasteiger partial charge in [0.05, 0.1) is 19.2 Å². The van der Waals surface area contributed by atoms with E-state index in [1.165, 1.54) is 0 Å². The second kappa shape index (κ2) is 9.42. The molecule has 1 aliphatic rings. The van der Waals surface area contributed by atoms with Crippen LogP contribution in [0.1, 0.15) is 32.6 Å². The first-order valence-electron chi connectivity index (χ1n) is 7.74. The lowest BCUT2D eigenvalue weighted by Crippen LogP contribution is -2.57. The highest BCUT2D eigenvalue weighted by molar-refractivity contribution is 5.74. The Morgan fingerprint density at radius 1 is 1.45 bits per heavy atom. The van der Waals surface area contributed by atoms with E-state index in [0.717, 1.165) is 19.3 Å². The molecule has 0 saturated heterocycles. The maximum absolute atomic E-state index is 11.8. The number of carboxylic acids is 1. The first-order valence-corrected chi connectivity index (χ1v) is 7.74. The zero-order valence-corrected chi connectivity index (χ0v) is 13.1. The van der Waals surface area contributed by atoms with Gasteiger partial charge in [-0.15, -0.1) is 6.58 Å². The molecule has 1 rings (SSSR count). The Morgan fingerprint density at radius 3 is 2.64 bits per heavy atom. The lowest BCUT2D eigenvalue weighted by Gasteiger charge is -2.42. The van der Waals surface area contributed by atoms with Crippen molar-refractivity contribution in [1.29, 1.82) is 0 Å². The Hall–Kier alpha value is -1.60. The molecular formula is C15H27N3O4. The van der Waals surface area contributed by atoms with Crippen molar-refractivity contribution < 1.29 is 19.8 Å². The van der Waals surface area contributed by atoms with Crippen molar-refractivity contribution in [2.24, 2.45) is 0 Å². The smallest absolute Gasteiger partial charge is 0.317 e. The van der Waals surface area contributed by atoms with Crippen LogP contribution in [0.15, 0.2) is 12.7 Å². The summed E-state index contributed by atoms with van der Waals surface area (Å²) in [6.45, 7) is 6.17. The molecule has 7 nitrogen and oxygen atoms in total. The monoisotopic (exact) mass is 313 g/mol. The molecule has 1 atom stereocenters. The number of nitrogens with one attached hydrogen (secondary N) is 2. The molecule has 0 aromatic carbocycles. The summed E-state index contributed by atoms with van der Waals surface area (Å²) in [6.07, 6.45) is 4.65. The fourth-order valence-electron chi connectivity index (χ4n) is 2.62. The lowest BCUT2D eigenvalue weighted by atomic mass is 9.85. The molecule has 1 saturated carbocycles. The molecule has 7 heteroatoms. The quantitative estimate of drug-likeness (QED) is 0.441. The van der Waals surface area contributed by atoms with Crippen molar-refractivity contribution in [3.8, 4) is 0 Å². The second-order valence-corrected chi connectivity index (χ2v) is 5.64. The molecule has 22 heavy (non-hydrogen) atoms. The number of urea groups is 1. The zero-order chi connectivity index (χ0) is 16.5. The number of carbonyl (C=O) groups excluding carboxylic acids is 1. The molecule has 0 aromatic heterocycles. The Bertz CT molecular complexity index is 383. The van der Waals surface area contributed by atoms with Crippen LogP contribution in [-0.2, 0) is 4.79 Å². The van der Waals surface area contributed by atoms with Gasteiger partial charge in [-0.3, -0.25) is 9.69 Å². The number of hydrogen-bond acceptors (Lipinski definition) is 4. The van der Waals surface area contributed by atoms with Crippen LogP contribution in [0.2, 0.25) is 0 Å². The summed E-state index contributed by atoms with van der Waals surface area (Å²) in [5.74, 6) is -0.830. The second-order valence-electron chi connectivity index (χ2n) is 5.64. The van der Waals surface area contributed by atoms with Crippen molar-refractivity contribution in [1.82, 2.24) is 15.5 Å². The summed E-state index contributed by atoms with van der Waals surface area (Å²) in [6, 6.07) is -0.284. The maximum Gasteiger partial charge on any atom is 0.317 e. The molecule has 0 heterocycles. The van der Waals surface area contributed by atoms with Crippen LogP contribution < -0.4 is 10.6 Å². The number of aliphatic carboxylic acids is 1. The van der Waals surface area contributed by atoms with E-state index in [1.807, 2.05) is 11.8 Å². The molecule has 126 valence electrons. The number of rotatable bonds is 10. The van der Waals surface area contributed by atoms with Gasteiger partial charge < -0.3 is 20.8 Å². The van der Waals surface area contributed by atoms with Crippen LogP contribution in [0.25, 0.3) is 0 Å². The minimum absolute atomic E-state index is 0.0359. The Kier molecular flexibility index (Phi) is 7.90. The highest BCUT2D eigenvalue weighted by atomic mass is 16.4. The van der Waals surface area contributed by atoms with E-state index in [4.69, 9.17) is 5.11 Å². The number of likely N-dealkylation sites (N-methyl/N-ethyl adjacent to an activating group) is 1. The summed E-state index contributed by atoms with van der Waals surface area (Å²) in [5, 5.41) is 23.6. The summed E-state index contributed by atoms with van der Waals surface area (Å²) in [5.41, 5.74) is 0. The van der Waals surface area contributed by atoms with Gasteiger partial charge in [0.15, 0.2) is 0 Å². The van der Waals surface area contributed by atoms with Crippen molar-refractivity contribution >= 4 is 12.0 Å². The molecule has 1 unspecified atom stereocenters. The average Bonchev–Trinajstić information content (AvgIpc) is 2.44. The minimum Gasteiger partial charge on any atom is -0.480 e. The fourth-order valence-corrected chi connectivity index (χ4v) is 2.62. The van der Waals surface area contributed by atoms with Crippen LogP contribution in [0, 0.1) is 0 Å². The maximum atomic E-state index is 11.8. The number of allylic oxidation sites excluding steroid dienone is 1. The van der Waals surface area contributed by atoms with Crippen LogP contribution in [0.5, 0.6) is 0 Å². The highest BCUT2D eigenvalue weighted by Crippen LogP contribution is 2.25. The average molecular weight is 313 g/mol. The lowest BCUT2D eigenvalue weighted by molar-refractivity contribution is -0.139. The van der Waals surface area contributed by atoms with Gasteiger partial charge >= 0.3 is 12.0 Å². The van der Waals surface area contributed by atoms with Gasteiger partial charge in [0.2, 0.25) is 0 Å².